The van der Waals surface area contributed by atoms with Gasteiger partial charge in [-0.3, -0.25) is 9.78 Å². The summed E-state index contributed by atoms with van der Waals surface area (Å²) in [4.78, 5) is 46.1. The summed E-state index contributed by atoms with van der Waals surface area (Å²) in [7, 11) is -5.31. The van der Waals surface area contributed by atoms with E-state index in [0.29, 0.717) is 4.57 Å². The Morgan fingerprint density at radius 2 is 2.24 bits per heavy atom. The molecule has 3 atom stereocenters. The number of phosphoric acid groups is 1. The van der Waals surface area contributed by atoms with Crippen LogP contribution in [0.4, 0.5) is 0 Å². The number of azide groups is 1. The molecule has 0 saturated carbocycles. The van der Waals surface area contributed by atoms with Crippen LogP contribution in [0.15, 0.2) is 20.9 Å². The first-order valence-corrected chi connectivity index (χ1v) is 8.16. The molecule has 1 aromatic rings. The van der Waals surface area contributed by atoms with Crippen molar-refractivity contribution in [1.29, 1.82) is 0 Å². The predicted molar refractivity (Wildman–Crippen MR) is 77.8 cm³/mol. The lowest BCUT2D eigenvalue weighted by Gasteiger charge is -2.30. The number of rotatable bonds is 5. The number of hydrogen-bond donors (Lipinski definition) is 5. The van der Waals surface area contributed by atoms with Gasteiger partial charge in [-0.1, -0.05) is 5.11 Å². The quantitative estimate of drug-likeness (QED) is 0.171. The van der Waals surface area contributed by atoms with E-state index in [4.69, 9.17) is 20.1 Å². The van der Waals surface area contributed by atoms with E-state index in [-0.39, 0.29) is 5.56 Å². The van der Waals surface area contributed by atoms with Gasteiger partial charge in [0, 0.05) is 16.7 Å². The number of ether oxygens (including phenoxy) is 1. The standard InChI is InChI=1S/C10H14N5O9P/c1-5-2-15(8(18)12-7(5)17)10(24-25(20,21)22)4-9(19,13-14-11)6(3-16)23-10/h2,6,16,19H,3-4H2,1H3,(H,12,17,18)(H2,20,21,22)/t6-,9+,10+/m1/s1. The minimum absolute atomic E-state index is 0.0448. The Labute approximate surface area is 138 Å². The van der Waals surface area contributed by atoms with Crippen LogP contribution in [0.3, 0.4) is 0 Å². The Bertz CT molecular complexity index is 885. The van der Waals surface area contributed by atoms with Crippen molar-refractivity contribution < 1.29 is 33.8 Å². The average Bonchev–Trinajstić information content (AvgIpc) is 2.74. The van der Waals surface area contributed by atoms with Crippen molar-refractivity contribution in [2.24, 2.45) is 5.11 Å². The summed E-state index contributed by atoms with van der Waals surface area (Å²) in [6.07, 6.45) is -1.74. The van der Waals surface area contributed by atoms with Crippen LogP contribution in [-0.4, -0.2) is 48.0 Å². The molecule has 0 spiro atoms. The number of aryl methyl sites for hydroxylation is 1. The third-order valence-corrected chi connectivity index (χ3v) is 3.98. The van der Waals surface area contributed by atoms with Gasteiger partial charge in [0.15, 0.2) is 5.72 Å². The summed E-state index contributed by atoms with van der Waals surface area (Å²) < 4.78 is 21.6. The van der Waals surface area contributed by atoms with Gasteiger partial charge in [0.25, 0.3) is 11.5 Å². The molecule has 0 bridgehead atoms. The van der Waals surface area contributed by atoms with Gasteiger partial charge in [-0.05, 0) is 12.5 Å². The van der Waals surface area contributed by atoms with Crippen molar-refractivity contribution in [3.8, 4) is 0 Å². The second kappa shape index (κ2) is 6.37. The van der Waals surface area contributed by atoms with Gasteiger partial charge in [-0.2, -0.15) is 0 Å². The van der Waals surface area contributed by atoms with Crippen LogP contribution in [0, 0.1) is 6.92 Å². The number of aliphatic hydroxyl groups excluding tert-OH is 1. The van der Waals surface area contributed by atoms with E-state index in [1.165, 1.54) is 6.92 Å². The fourth-order valence-electron chi connectivity index (χ4n) is 2.41. The van der Waals surface area contributed by atoms with Crippen LogP contribution in [0.5, 0.6) is 0 Å². The number of hydrogen-bond acceptors (Lipinski definition) is 8. The summed E-state index contributed by atoms with van der Waals surface area (Å²) in [6, 6.07) is 0. The van der Waals surface area contributed by atoms with Crippen LogP contribution in [0.1, 0.15) is 12.0 Å². The Kier molecular flexibility index (Phi) is 4.92. The lowest BCUT2D eigenvalue weighted by Crippen LogP contribution is -2.46. The van der Waals surface area contributed by atoms with Gasteiger partial charge in [0.2, 0.25) is 0 Å². The molecule has 1 aliphatic rings. The number of aliphatic hydroxyl groups is 2. The maximum atomic E-state index is 12.1. The summed E-state index contributed by atoms with van der Waals surface area (Å²) in [5, 5.41) is 22.7. The second-order valence-corrected chi connectivity index (χ2v) is 6.43. The van der Waals surface area contributed by atoms with E-state index in [2.05, 4.69) is 14.5 Å². The van der Waals surface area contributed by atoms with Gasteiger partial charge in [0.05, 0.1) is 13.0 Å². The fourth-order valence-corrected chi connectivity index (χ4v) is 2.97. The predicted octanol–water partition coefficient (Wildman–Crippen LogP) is -1.66. The van der Waals surface area contributed by atoms with Gasteiger partial charge in [0.1, 0.15) is 6.10 Å². The second-order valence-electron chi connectivity index (χ2n) is 5.27. The first kappa shape index (κ1) is 19.3. The van der Waals surface area contributed by atoms with E-state index in [1.54, 1.807) is 0 Å². The molecule has 0 aliphatic carbocycles. The lowest BCUT2D eigenvalue weighted by atomic mass is 10.1. The van der Waals surface area contributed by atoms with Gasteiger partial charge in [-0.15, -0.1) is 0 Å². The van der Waals surface area contributed by atoms with Gasteiger partial charge >= 0.3 is 13.5 Å². The summed E-state index contributed by atoms with van der Waals surface area (Å²) in [5.74, 6) is -2.65. The minimum atomic E-state index is -5.31. The number of phosphoric ester groups is 1. The van der Waals surface area contributed by atoms with E-state index < -0.39 is 49.8 Å². The van der Waals surface area contributed by atoms with Crippen molar-refractivity contribution in [2.45, 2.75) is 31.1 Å². The van der Waals surface area contributed by atoms with Crippen LogP contribution >= 0.6 is 7.82 Å². The average molecular weight is 379 g/mol. The highest BCUT2D eigenvalue weighted by atomic mass is 31.2. The Morgan fingerprint density at radius 3 is 2.76 bits per heavy atom. The first-order chi connectivity index (χ1) is 11.5. The summed E-state index contributed by atoms with van der Waals surface area (Å²) in [5.41, 5.74) is 4.09. The zero-order chi connectivity index (χ0) is 19.0. The zero-order valence-corrected chi connectivity index (χ0v) is 13.5. The number of nitrogens with one attached hydrogen (secondary N) is 1. The molecule has 2 heterocycles. The highest BCUT2D eigenvalue weighted by Crippen LogP contribution is 2.51. The van der Waals surface area contributed by atoms with Gasteiger partial charge < -0.3 is 24.7 Å². The molecule has 15 heteroatoms. The lowest BCUT2D eigenvalue weighted by molar-refractivity contribution is -0.247. The fraction of sp³-hybridized carbons (Fsp3) is 0.600. The number of aromatic amines is 1. The molecule has 1 saturated heterocycles. The molecule has 0 unspecified atom stereocenters. The van der Waals surface area contributed by atoms with E-state index >= 15 is 0 Å². The molecular formula is C10H14N5O9P. The van der Waals surface area contributed by atoms with Crippen LogP contribution < -0.4 is 11.2 Å². The van der Waals surface area contributed by atoms with E-state index in [1.807, 2.05) is 4.98 Å². The van der Waals surface area contributed by atoms with Crippen molar-refractivity contribution in [3.63, 3.8) is 0 Å². The smallest absolute Gasteiger partial charge is 0.394 e. The van der Waals surface area contributed by atoms with Crippen molar-refractivity contribution in [3.05, 3.63) is 43.0 Å². The Morgan fingerprint density at radius 1 is 1.60 bits per heavy atom. The maximum absolute atomic E-state index is 12.1. The topological polar surface area (TPSA) is 220 Å². The SMILES string of the molecule is Cc1cn([C@@]2(OP(=O)(O)O)C[C@@](O)(N=[N+]=[N-])[C@@H](CO)O2)c(=O)[nH]c1=O. The molecule has 0 radical (unpaired) electrons. The van der Waals surface area contributed by atoms with Crippen LogP contribution in [-0.2, 0) is 19.7 Å². The van der Waals surface area contributed by atoms with Crippen LogP contribution in [0.25, 0.3) is 10.4 Å². The molecule has 1 aromatic heterocycles. The third-order valence-electron chi connectivity index (χ3n) is 3.46. The van der Waals surface area contributed by atoms with Crippen molar-refractivity contribution in [2.75, 3.05) is 6.61 Å². The van der Waals surface area contributed by atoms with E-state index in [0.717, 1.165) is 6.20 Å². The van der Waals surface area contributed by atoms with Crippen molar-refractivity contribution in [1.82, 2.24) is 9.55 Å². The minimum Gasteiger partial charge on any atom is -0.394 e. The molecule has 5 N–H and O–H groups in total. The normalized spacial score (nSPS) is 29.4. The first-order valence-electron chi connectivity index (χ1n) is 6.63. The molecule has 14 nitrogen and oxygen atoms in total. The summed E-state index contributed by atoms with van der Waals surface area (Å²) in [6.45, 7) is 0.358. The van der Waals surface area contributed by atoms with Gasteiger partial charge in [-0.25, -0.2) is 18.5 Å². The maximum Gasteiger partial charge on any atom is 0.473 e. The highest BCUT2D eigenvalue weighted by molar-refractivity contribution is 7.46. The highest BCUT2D eigenvalue weighted by Gasteiger charge is 2.60. The monoisotopic (exact) mass is 379 g/mol. The Balaban J connectivity index is 2.72. The molecule has 1 fully saturated rings. The number of H-pyrrole nitrogens is 1. The van der Waals surface area contributed by atoms with E-state index in [9.17, 15) is 24.4 Å². The zero-order valence-electron chi connectivity index (χ0n) is 12.6. The Hall–Kier alpha value is -2.02. The molecule has 138 valence electrons. The summed E-state index contributed by atoms with van der Waals surface area (Å²) >= 11 is 0. The van der Waals surface area contributed by atoms with Crippen LogP contribution in [0.2, 0.25) is 0 Å². The molecule has 2 rings (SSSR count). The molecule has 0 aromatic carbocycles. The third kappa shape index (κ3) is 3.66. The number of nitrogens with zero attached hydrogens (tertiary/aromatic N) is 4. The number of aromatic nitrogens is 2. The molecular weight excluding hydrogens is 365 g/mol. The molecule has 25 heavy (non-hydrogen) atoms. The molecule has 1 aliphatic heterocycles. The largest absolute Gasteiger partial charge is 0.473 e. The molecule has 0 amide bonds. The van der Waals surface area contributed by atoms with Crippen molar-refractivity contribution >= 4 is 7.82 Å².